The fourth-order valence-electron chi connectivity index (χ4n) is 1.93. The first-order valence-electron chi connectivity index (χ1n) is 7.19. The molecule has 0 radical (unpaired) electrons. The molecule has 0 fully saturated rings. The Hall–Kier alpha value is -2.23. The van der Waals surface area contributed by atoms with Gasteiger partial charge in [-0.3, -0.25) is 9.59 Å². The van der Waals surface area contributed by atoms with Crippen LogP contribution >= 0.6 is 15.9 Å². The average Bonchev–Trinajstić information content (AvgIpc) is 2.60. The lowest BCUT2D eigenvalue weighted by molar-refractivity contribution is -0.115. The zero-order valence-corrected chi connectivity index (χ0v) is 15.6. The summed E-state index contributed by atoms with van der Waals surface area (Å²) in [6.45, 7) is -0.206. The van der Waals surface area contributed by atoms with E-state index in [-0.39, 0.29) is 17.3 Å². The topological polar surface area (TPSA) is 104 Å². The van der Waals surface area contributed by atoms with Crippen molar-refractivity contribution in [2.75, 3.05) is 18.9 Å². The highest BCUT2D eigenvalue weighted by atomic mass is 79.9. The number of halogens is 1. The molecule has 0 heterocycles. The lowest BCUT2D eigenvalue weighted by Crippen LogP contribution is -2.32. The molecular weight excluding hydrogens is 410 g/mol. The Morgan fingerprint density at radius 1 is 1.08 bits per heavy atom. The minimum absolute atomic E-state index is 0.0935. The van der Waals surface area contributed by atoms with Crippen LogP contribution in [-0.2, 0) is 14.8 Å². The van der Waals surface area contributed by atoms with Crippen LogP contribution in [0.15, 0.2) is 57.9 Å². The van der Waals surface area contributed by atoms with Gasteiger partial charge in [-0.15, -0.1) is 0 Å². The van der Waals surface area contributed by atoms with Gasteiger partial charge in [-0.25, -0.2) is 13.1 Å². The third kappa shape index (κ3) is 5.38. The van der Waals surface area contributed by atoms with Crippen LogP contribution in [0, 0.1) is 0 Å². The Bertz CT molecular complexity index is 883. The number of amides is 2. The van der Waals surface area contributed by atoms with Gasteiger partial charge < -0.3 is 10.6 Å². The molecule has 0 saturated carbocycles. The summed E-state index contributed by atoms with van der Waals surface area (Å²) in [7, 11) is -2.20. The highest BCUT2D eigenvalue weighted by molar-refractivity contribution is 9.10. The Balaban J connectivity index is 1.91. The van der Waals surface area contributed by atoms with Crippen LogP contribution in [0.25, 0.3) is 0 Å². The molecule has 0 aliphatic carbocycles. The van der Waals surface area contributed by atoms with Crippen molar-refractivity contribution in [3.63, 3.8) is 0 Å². The second-order valence-electron chi connectivity index (χ2n) is 4.97. The minimum atomic E-state index is -3.52. The average molecular weight is 426 g/mol. The number of anilines is 1. The maximum atomic E-state index is 12.0. The van der Waals surface area contributed by atoms with E-state index in [4.69, 9.17) is 0 Å². The van der Waals surface area contributed by atoms with Crippen molar-refractivity contribution in [1.29, 1.82) is 0 Å². The van der Waals surface area contributed by atoms with E-state index in [1.807, 2.05) is 0 Å². The molecule has 0 aliphatic rings. The van der Waals surface area contributed by atoms with E-state index in [0.717, 1.165) is 4.47 Å². The summed E-state index contributed by atoms with van der Waals surface area (Å²) in [4.78, 5) is 23.9. The Labute approximate surface area is 154 Å². The molecular formula is C16H16BrN3O4S. The number of rotatable bonds is 6. The molecule has 132 valence electrons. The quantitative estimate of drug-likeness (QED) is 0.655. The third-order valence-corrected chi connectivity index (χ3v) is 5.14. The number of hydrogen-bond acceptors (Lipinski definition) is 4. The van der Waals surface area contributed by atoms with Gasteiger partial charge in [-0.1, -0.05) is 22.0 Å². The first-order chi connectivity index (χ1) is 11.8. The van der Waals surface area contributed by atoms with Gasteiger partial charge >= 0.3 is 0 Å². The van der Waals surface area contributed by atoms with Crippen molar-refractivity contribution in [2.45, 2.75) is 4.90 Å². The number of nitrogens with one attached hydrogen (secondary N) is 3. The van der Waals surface area contributed by atoms with Gasteiger partial charge in [0.2, 0.25) is 15.9 Å². The second kappa shape index (κ2) is 8.24. The molecule has 3 N–H and O–H groups in total. The maximum absolute atomic E-state index is 12.0. The van der Waals surface area contributed by atoms with Crippen molar-refractivity contribution in [2.24, 2.45) is 0 Å². The van der Waals surface area contributed by atoms with Crippen molar-refractivity contribution < 1.29 is 18.0 Å². The molecule has 9 heteroatoms. The Kier molecular flexibility index (Phi) is 6.29. The monoisotopic (exact) mass is 425 g/mol. The highest BCUT2D eigenvalue weighted by Crippen LogP contribution is 2.14. The molecule has 0 unspecified atom stereocenters. The van der Waals surface area contributed by atoms with E-state index in [2.05, 4.69) is 31.3 Å². The van der Waals surface area contributed by atoms with Gasteiger partial charge in [0, 0.05) is 15.7 Å². The SMILES string of the molecule is CNS(=O)(=O)c1ccc(NC(=O)CNC(=O)c2cccc(Br)c2)cc1. The van der Waals surface area contributed by atoms with Gasteiger partial charge in [0.25, 0.3) is 5.91 Å². The number of benzene rings is 2. The van der Waals surface area contributed by atoms with Gasteiger partial charge in [0.1, 0.15) is 0 Å². The lowest BCUT2D eigenvalue weighted by Gasteiger charge is -2.08. The molecule has 25 heavy (non-hydrogen) atoms. The van der Waals surface area contributed by atoms with E-state index in [1.165, 1.54) is 31.3 Å². The van der Waals surface area contributed by atoms with E-state index in [0.29, 0.717) is 11.3 Å². The summed E-state index contributed by atoms with van der Waals surface area (Å²) in [6, 6.07) is 12.5. The zero-order chi connectivity index (χ0) is 18.4. The molecule has 0 spiro atoms. The van der Waals surface area contributed by atoms with Crippen molar-refractivity contribution in [1.82, 2.24) is 10.0 Å². The number of sulfonamides is 1. The molecule has 2 rings (SSSR count). The summed E-state index contributed by atoms with van der Waals surface area (Å²) in [6.07, 6.45) is 0. The standard InChI is InChI=1S/C16H16BrN3O4S/c1-18-25(23,24)14-7-5-13(6-8-14)20-15(21)10-19-16(22)11-3-2-4-12(17)9-11/h2-9,18H,10H2,1H3,(H,19,22)(H,20,21). The van der Waals surface area contributed by atoms with Crippen LogP contribution in [-0.4, -0.2) is 33.8 Å². The van der Waals surface area contributed by atoms with Gasteiger partial charge in [-0.2, -0.15) is 0 Å². The summed E-state index contributed by atoms with van der Waals surface area (Å²) in [5.41, 5.74) is 0.862. The first-order valence-corrected chi connectivity index (χ1v) is 9.46. The molecule has 2 amide bonds. The van der Waals surface area contributed by atoms with Crippen LogP contribution < -0.4 is 15.4 Å². The molecule has 0 aromatic heterocycles. The predicted molar refractivity (Wildman–Crippen MR) is 97.8 cm³/mol. The summed E-state index contributed by atoms with van der Waals surface area (Å²) in [5, 5.41) is 5.09. The summed E-state index contributed by atoms with van der Waals surface area (Å²) in [5.74, 6) is -0.792. The van der Waals surface area contributed by atoms with Crippen molar-refractivity contribution in [3.8, 4) is 0 Å². The fourth-order valence-corrected chi connectivity index (χ4v) is 3.06. The molecule has 7 nitrogen and oxygen atoms in total. The van der Waals surface area contributed by atoms with E-state index < -0.39 is 15.9 Å². The summed E-state index contributed by atoms with van der Waals surface area (Å²) < 4.78 is 26.2. The fraction of sp³-hybridized carbons (Fsp3) is 0.125. The normalized spacial score (nSPS) is 11.0. The van der Waals surface area contributed by atoms with Crippen LogP contribution in [0.3, 0.4) is 0 Å². The third-order valence-electron chi connectivity index (χ3n) is 3.21. The van der Waals surface area contributed by atoms with Gasteiger partial charge in [0.15, 0.2) is 0 Å². The highest BCUT2D eigenvalue weighted by Gasteiger charge is 2.12. The largest absolute Gasteiger partial charge is 0.343 e. The van der Waals surface area contributed by atoms with E-state index >= 15 is 0 Å². The maximum Gasteiger partial charge on any atom is 0.251 e. The molecule has 0 saturated heterocycles. The van der Waals surface area contributed by atoms with Crippen molar-refractivity contribution >= 4 is 43.5 Å². The van der Waals surface area contributed by atoms with Crippen LogP contribution in [0.2, 0.25) is 0 Å². The molecule has 0 bridgehead atoms. The molecule has 2 aromatic rings. The van der Waals surface area contributed by atoms with Gasteiger partial charge in [0.05, 0.1) is 11.4 Å². The lowest BCUT2D eigenvalue weighted by atomic mass is 10.2. The zero-order valence-electron chi connectivity index (χ0n) is 13.2. The van der Waals surface area contributed by atoms with Crippen LogP contribution in [0.4, 0.5) is 5.69 Å². The number of hydrogen-bond donors (Lipinski definition) is 3. The van der Waals surface area contributed by atoms with Crippen molar-refractivity contribution in [3.05, 3.63) is 58.6 Å². The Morgan fingerprint density at radius 2 is 1.76 bits per heavy atom. The molecule has 0 aliphatic heterocycles. The minimum Gasteiger partial charge on any atom is -0.343 e. The smallest absolute Gasteiger partial charge is 0.251 e. The first kappa shape index (κ1) is 19.1. The van der Waals surface area contributed by atoms with E-state index in [1.54, 1.807) is 24.3 Å². The molecule has 0 atom stereocenters. The van der Waals surface area contributed by atoms with Gasteiger partial charge in [-0.05, 0) is 49.5 Å². The summed E-state index contributed by atoms with van der Waals surface area (Å²) >= 11 is 3.27. The number of carbonyl (C=O) groups is 2. The Morgan fingerprint density at radius 3 is 2.36 bits per heavy atom. The van der Waals surface area contributed by atoms with E-state index in [9.17, 15) is 18.0 Å². The predicted octanol–water partition coefficient (Wildman–Crippen LogP) is 1.73. The van der Waals surface area contributed by atoms with Crippen LogP contribution in [0.5, 0.6) is 0 Å². The van der Waals surface area contributed by atoms with Crippen LogP contribution in [0.1, 0.15) is 10.4 Å². The number of carbonyl (C=O) groups excluding carboxylic acids is 2. The second-order valence-corrected chi connectivity index (χ2v) is 7.78. The molecule has 2 aromatic carbocycles.